The van der Waals surface area contributed by atoms with Gasteiger partial charge in [0.05, 0.1) is 4.90 Å². The number of nitrogens with one attached hydrogen (secondary N) is 1. The molecule has 1 saturated heterocycles. The highest BCUT2D eigenvalue weighted by Gasteiger charge is 2.25. The molecule has 1 aliphatic heterocycles. The highest BCUT2D eigenvalue weighted by Crippen LogP contribution is 2.21. The number of piperazine rings is 1. The van der Waals surface area contributed by atoms with E-state index >= 15 is 0 Å². The van der Waals surface area contributed by atoms with E-state index < -0.39 is 10.0 Å². The van der Waals surface area contributed by atoms with Crippen LogP contribution in [0.3, 0.4) is 0 Å². The Kier molecular flexibility index (Phi) is 6.76. The van der Waals surface area contributed by atoms with E-state index in [2.05, 4.69) is 14.6 Å². The first kappa shape index (κ1) is 22.9. The van der Waals surface area contributed by atoms with Crippen molar-refractivity contribution in [1.82, 2.24) is 14.8 Å². The van der Waals surface area contributed by atoms with Gasteiger partial charge in [-0.3, -0.25) is 19.4 Å². The lowest BCUT2D eigenvalue weighted by Crippen LogP contribution is -2.48. The van der Waals surface area contributed by atoms with Crippen LogP contribution in [0.15, 0.2) is 71.9 Å². The molecular formula is C25H28N4O3S. The van der Waals surface area contributed by atoms with Crippen molar-refractivity contribution in [3.05, 3.63) is 89.2 Å². The Hall–Kier alpha value is -3.23. The first-order valence-corrected chi connectivity index (χ1v) is 12.4. The fourth-order valence-corrected chi connectivity index (χ4v) is 4.95. The summed E-state index contributed by atoms with van der Waals surface area (Å²) in [7, 11) is -3.81. The minimum atomic E-state index is -3.81. The number of anilines is 1. The summed E-state index contributed by atoms with van der Waals surface area (Å²) >= 11 is 0. The third kappa shape index (κ3) is 5.58. The molecule has 2 heterocycles. The molecule has 7 nitrogen and oxygen atoms in total. The molecule has 1 N–H and O–H groups in total. The molecule has 172 valence electrons. The molecule has 1 fully saturated rings. The molecular weight excluding hydrogens is 436 g/mol. The molecule has 0 bridgehead atoms. The van der Waals surface area contributed by atoms with Gasteiger partial charge in [-0.15, -0.1) is 0 Å². The summed E-state index contributed by atoms with van der Waals surface area (Å²) in [6.45, 7) is 7.27. The second-order valence-electron chi connectivity index (χ2n) is 8.38. The van der Waals surface area contributed by atoms with Crippen molar-refractivity contribution < 1.29 is 13.2 Å². The number of aromatic nitrogens is 1. The molecule has 4 rings (SSSR count). The van der Waals surface area contributed by atoms with Crippen molar-refractivity contribution in [3.63, 3.8) is 0 Å². The zero-order chi connectivity index (χ0) is 23.4. The molecule has 0 unspecified atom stereocenters. The van der Waals surface area contributed by atoms with Gasteiger partial charge in [0.2, 0.25) is 0 Å². The van der Waals surface area contributed by atoms with Gasteiger partial charge in [0.1, 0.15) is 0 Å². The topological polar surface area (TPSA) is 82.6 Å². The molecule has 1 amide bonds. The Balaban J connectivity index is 1.45. The Bertz CT molecular complexity index is 1220. The van der Waals surface area contributed by atoms with Gasteiger partial charge in [-0.25, -0.2) is 8.42 Å². The molecule has 0 atom stereocenters. The van der Waals surface area contributed by atoms with Crippen LogP contribution in [0, 0.1) is 13.8 Å². The lowest BCUT2D eigenvalue weighted by molar-refractivity contribution is 0.0627. The van der Waals surface area contributed by atoms with Crippen LogP contribution in [-0.4, -0.2) is 55.3 Å². The number of hydrogen-bond acceptors (Lipinski definition) is 5. The number of amides is 1. The van der Waals surface area contributed by atoms with E-state index in [-0.39, 0.29) is 10.8 Å². The summed E-state index contributed by atoms with van der Waals surface area (Å²) in [5, 5.41) is 0. The van der Waals surface area contributed by atoms with Gasteiger partial charge in [0.25, 0.3) is 15.9 Å². The maximum absolute atomic E-state index is 13.2. The zero-order valence-electron chi connectivity index (χ0n) is 18.9. The second-order valence-corrected chi connectivity index (χ2v) is 10.1. The summed E-state index contributed by atoms with van der Waals surface area (Å²) in [6.07, 6.45) is 3.62. The summed E-state index contributed by atoms with van der Waals surface area (Å²) in [6, 6.07) is 15.8. The van der Waals surface area contributed by atoms with E-state index in [1.165, 1.54) is 12.1 Å². The Morgan fingerprint density at radius 1 is 1.00 bits per heavy atom. The van der Waals surface area contributed by atoms with Crippen LogP contribution in [0.4, 0.5) is 5.69 Å². The van der Waals surface area contributed by atoms with Crippen molar-refractivity contribution in [1.29, 1.82) is 0 Å². The Morgan fingerprint density at radius 3 is 2.39 bits per heavy atom. The van der Waals surface area contributed by atoms with Gasteiger partial charge in [-0.2, -0.15) is 0 Å². The minimum Gasteiger partial charge on any atom is -0.336 e. The molecule has 0 radical (unpaired) electrons. The van der Waals surface area contributed by atoms with Crippen LogP contribution in [0.25, 0.3) is 0 Å². The van der Waals surface area contributed by atoms with E-state index in [4.69, 9.17) is 0 Å². The fourth-order valence-electron chi connectivity index (χ4n) is 3.86. The average Bonchev–Trinajstić information content (AvgIpc) is 2.81. The maximum atomic E-state index is 13.2. The summed E-state index contributed by atoms with van der Waals surface area (Å²) in [5.41, 5.74) is 3.85. The molecule has 1 aliphatic rings. The molecule has 8 heteroatoms. The third-order valence-electron chi connectivity index (χ3n) is 5.84. The largest absolute Gasteiger partial charge is 0.336 e. The molecule has 1 aromatic heterocycles. The van der Waals surface area contributed by atoms with Crippen LogP contribution in [0.5, 0.6) is 0 Å². The van der Waals surface area contributed by atoms with Gasteiger partial charge in [0.15, 0.2) is 0 Å². The number of carbonyl (C=O) groups is 1. The predicted molar refractivity (Wildman–Crippen MR) is 129 cm³/mol. The summed E-state index contributed by atoms with van der Waals surface area (Å²) < 4.78 is 28.4. The van der Waals surface area contributed by atoms with Crippen molar-refractivity contribution in [2.45, 2.75) is 25.3 Å². The van der Waals surface area contributed by atoms with Gasteiger partial charge >= 0.3 is 0 Å². The molecule has 33 heavy (non-hydrogen) atoms. The summed E-state index contributed by atoms with van der Waals surface area (Å²) in [4.78, 5) is 21.6. The van der Waals surface area contributed by atoms with E-state index in [1.54, 1.807) is 29.3 Å². The highest BCUT2D eigenvalue weighted by molar-refractivity contribution is 7.92. The van der Waals surface area contributed by atoms with Gasteiger partial charge in [-0.1, -0.05) is 29.8 Å². The van der Waals surface area contributed by atoms with Crippen molar-refractivity contribution >= 4 is 21.6 Å². The molecule has 0 spiro atoms. The van der Waals surface area contributed by atoms with Crippen molar-refractivity contribution in [3.8, 4) is 0 Å². The first-order chi connectivity index (χ1) is 15.8. The molecule has 3 aromatic rings. The number of benzene rings is 2. The molecule has 0 aliphatic carbocycles. The lowest BCUT2D eigenvalue weighted by Gasteiger charge is -2.35. The Labute approximate surface area is 195 Å². The lowest BCUT2D eigenvalue weighted by atomic mass is 10.1. The van der Waals surface area contributed by atoms with Crippen LogP contribution in [-0.2, 0) is 16.6 Å². The normalized spacial score (nSPS) is 14.8. The number of nitrogens with zero attached hydrogens (tertiary/aromatic N) is 3. The van der Waals surface area contributed by atoms with Crippen molar-refractivity contribution in [2.75, 3.05) is 30.9 Å². The third-order valence-corrected chi connectivity index (χ3v) is 7.22. The van der Waals surface area contributed by atoms with E-state index in [0.717, 1.165) is 36.3 Å². The quantitative estimate of drug-likeness (QED) is 0.604. The SMILES string of the molecule is Cc1ccc(NS(=O)(=O)c2ccc(C)c(C(=O)N3CCN(Cc4cccnc4)CC3)c2)cc1. The molecule has 0 saturated carbocycles. The maximum Gasteiger partial charge on any atom is 0.261 e. The van der Waals surface area contributed by atoms with E-state index in [1.807, 2.05) is 44.3 Å². The zero-order valence-corrected chi connectivity index (χ0v) is 19.7. The number of carbonyl (C=O) groups excluding carboxylic acids is 1. The van der Waals surface area contributed by atoms with Crippen LogP contribution < -0.4 is 4.72 Å². The average molecular weight is 465 g/mol. The first-order valence-electron chi connectivity index (χ1n) is 10.9. The number of aryl methyl sites for hydroxylation is 2. The monoisotopic (exact) mass is 464 g/mol. The Morgan fingerprint density at radius 2 is 1.73 bits per heavy atom. The van der Waals surface area contributed by atoms with E-state index in [9.17, 15) is 13.2 Å². The summed E-state index contributed by atoms with van der Waals surface area (Å²) in [5.74, 6) is -0.138. The van der Waals surface area contributed by atoms with Crippen LogP contribution in [0.1, 0.15) is 27.0 Å². The van der Waals surface area contributed by atoms with Crippen molar-refractivity contribution in [2.24, 2.45) is 0 Å². The fraction of sp³-hybridized carbons (Fsp3) is 0.280. The van der Waals surface area contributed by atoms with Crippen LogP contribution >= 0.6 is 0 Å². The van der Waals surface area contributed by atoms with Crippen LogP contribution in [0.2, 0.25) is 0 Å². The predicted octanol–water partition coefficient (Wildman–Crippen LogP) is 3.46. The van der Waals surface area contributed by atoms with Gasteiger partial charge in [0, 0.05) is 56.4 Å². The minimum absolute atomic E-state index is 0.0761. The van der Waals surface area contributed by atoms with Gasteiger partial charge in [-0.05, 0) is 55.3 Å². The second kappa shape index (κ2) is 9.72. The number of hydrogen-bond donors (Lipinski definition) is 1. The van der Waals surface area contributed by atoms with Gasteiger partial charge < -0.3 is 4.90 Å². The smallest absolute Gasteiger partial charge is 0.261 e. The standard InChI is InChI=1S/C25H28N4O3S/c1-19-5-8-22(9-6-19)27-33(31,32)23-10-7-20(2)24(16-23)25(30)29-14-12-28(13-15-29)18-21-4-3-11-26-17-21/h3-11,16-17,27H,12-15,18H2,1-2H3. The van der Waals surface area contributed by atoms with E-state index in [0.29, 0.717) is 24.3 Å². The number of sulfonamides is 1. The number of pyridine rings is 1. The number of rotatable bonds is 6. The highest BCUT2D eigenvalue weighted by atomic mass is 32.2. The molecule has 2 aromatic carbocycles.